The molecule has 0 fully saturated rings. The van der Waals surface area contributed by atoms with Crippen LogP contribution in [0.15, 0.2) is 48.5 Å². The molecule has 1 heteroatoms. The van der Waals surface area contributed by atoms with Gasteiger partial charge in [0.05, 0.1) is 5.38 Å². The summed E-state index contributed by atoms with van der Waals surface area (Å²) in [7, 11) is 0. The van der Waals surface area contributed by atoms with E-state index in [4.69, 9.17) is 11.6 Å². The van der Waals surface area contributed by atoms with Crippen LogP contribution >= 0.6 is 11.6 Å². The van der Waals surface area contributed by atoms with Crippen LogP contribution in [0.2, 0.25) is 0 Å². The molecule has 0 saturated heterocycles. The number of aryl methyl sites for hydroxylation is 2. The van der Waals surface area contributed by atoms with E-state index in [0.717, 1.165) is 5.56 Å². The second kappa shape index (κ2) is 4.71. The van der Waals surface area contributed by atoms with Crippen molar-refractivity contribution in [2.75, 3.05) is 0 Å². The fraction of sp³-hybridized carbons (Fsp3) is 0.200. The molecule has 0 nitrogen and oxygen atoms in total. The molecule has 1 unspecified atom stereocenters. The van der Waals surface area contributed by atoms with Gasteiger partial charge in [-0.3, -0.25) is 0 Å². The van der Waals surface area contributed by atoms with Gasteiger partial charge in [0.2, 0.25) is 0 Å². The van der Waals surface area contributed by atoms with Gasteiger partial charge in [0.25, 0.3) is 0 Å². The van der Waals surface area contributed by atoms with Gasteiger partial charge in [0.1, 0.15) is 0 Å². The van der Waals surface area contributed by atoms with Crippen molar-refractivity contribution in [1.29, 1.82) is 0 Å². The van der Waals surface area contributed by atoms with Gasteiger partial charge < -0.3 is 0 Å². The Morgan fingerprint density at radius 3 is 2.12 bits per heavy atom. The zero-order valence-electron chi connectivity index (χ0n) is 9.57. The maximum atomic E-state index is 6.49. The molecule has 0 N–H and O–H groups in total. The number of hydrogen-bond donors (Lipinski definition) is 0. The second-order valence-electron chi connectivity index (χ2n) is 4.13. The van der Waals surface area contributed by atoms with E-state index in [2.05, 4.69) is 50.2 Å². The molecule has 82 valence electrons. The molecular weight excluding hydrogens is 216 g/mol. The molecule has 2 rings (SSSR count). The van der Waals surface area contributed by atoms with Crippen molar-refractivity contribution >= 4 is 11.6 Å². The number of rotatable bonds is 2. The van der Waals surface area contributed by atoms with Crippen molar-refractivity contribution in [1.82, 2.24) is 0 Å². The Labute approximate surface area is 102 Å². The van der Waals surface area contributed by atoms with Crippen LogP contribution in [0.4, 0.5) is 0 Å². The minimum Gasteiger partial charge on any atom is -0.113 e. The van der Waals surface area contributed by atoms with Crippen molar-refractivity contribution in [3.8, 4) is 0 Å². The predicted octanol–water partition coefficient (Wildman–Crippen LogP) is 4.63. The molecule has 0 aliphatic heterocycles. The highest BCUT2D eigenvalue weighted by atomic mass is 35.5. The first-order valence-electron chi connectivity index (χ1n) is 5.44. The summed E-state index contributed by atoms with van der Waals surface area (Å²) in [5, 5.41) is -0.0539. The van der Waals surface area contributed by atoms with Crippen molar-refractivity contribution in [3.63, 3.8) is 0 Å². The van der Waals surface area contributed by atoms with Crippen LogP contribution in [0.1, 0.15) is 27.6 Å². The van der Waals surface area contributed by atoms with E-state index in [1.165, 1.54) is 16.7 Å². The quantitative estimate of drug-likeness (QED) is 0.660. The number of hydrogen-bond acceptors (Lipinski definition) is 0. The lowest BCUT2D eigenvalue weighted by Gasteiger charge is -2.13. The molecule has 0 saturated carbocycles. The maximum absolute atomic E-state index is 6.49. The first-order chi connectivity index (χ1) is 7.68. The average Bonchev–Trinajstić information content (AvgIpc) is 2.30. The third-order valence-electron chi connectivity index (χ3n) is 2.83. The molecule has 2 aromatic rings. The summed E-state index contributed by atoms with van der Waals surface area (Å²) in [6, 6.07) is 16.7. The van der Waals surface area contributed by atoms with E-state index in [1.807, 2.05) is 12.1 Å². The lowest BCUT2D eigenvalue weighted by molar-refractivity contribution is 1.11. The fourth-order valence-corrected chi connectivity index (χ4v) is 2.18. The van der Waals surface area contributed by atoms with Gasteiger partial charge in [-0.05, 0) is 30.5 Å². The Kier molecular flexibility index (Phi) is 3.31. The summed E-state index contributed by atoms with van der Waals surface area (Å²) in [6.07, 6.45) is 0. The molecule has 0 aliphatic rings. The zero-order valence-corrected chi connectivity index (χ0v) is 10.3. The third kappa shape index (κ3) is 2.28. The van der Waals surface area contributed by atoms with Gasteiger partial charge >= 0.3 is 0 Å². The van der Waals surface area contributed by atoms with Crippen LogP contribution in [0.25, 0.3) is 0 Å². The predicted molar refractivity (Wildman–Crippen MR) is 70.1 cm³/mol. The standard InChI is InChI=1S/C15H15Cl/c1-11-7-9-13(10-8-11)15(16)14-6-4-3-5-12(14)2/h3-10,15H,1-2H3. The minimum atomic E-state index is -0.0539. The Morgan fingerprint density at radius 2 is 1.50 bits per heavy atom. The van der Waals surface area contributed by atoms with E-state index < -0.39 is 0 Å². The molecule has 0 bridgehead atoms. The van der Waals surface area contributed by atoms with Crippen molar-refractivity contribution < 1.29 is 0 Å². The van der Waals surface area contributed by atoms with Gasteiger partial charge in [0.15, 0.2) is 0 Å². The number of alkyl halides is 1. The highest BCUT2D eigenvalue weighted by Crippen LogP contribution is 2.30. The zero-order chi connectivity index (χ0) is 11.5. The average molecular weight is 231 g/mol. The molecule has 16 heavy (non-hydrogen) atoms. The monoisotopic (exact) mass is 230 g/mol. The molecule has 0 amide bonds. The summed E-state index contributed by atoms with van der Waals surface area (Å²) in [5.41, 5.74) is 4.84. The van der Waals surface area contributed by atoms with E-state index >= 15 is 0 Å². The Morgan fingerprint density at radius 1 is 0.875 bits per heavy atom. The largest absolute Gasteiger partial charge is 0.113 e. The molecule has 0 radical (unpaired) electrons. The third-order valence-corrected chi connectivity index (χ3v) is 3.32. The topological polar surface area (TPSA) is 0 Å². The van der Waals surface area contributed by atoms with Crippen LogP contribution in [0.3, 0.4) is 0 Å². The minimum absolute atomic E-state index is 0.0539. The van der Waals surface area contributed by atoms with Gasteiger partial charge in [-0.2, -0.15) is 0 Å². The van der Waals surface area contributed by atoms with Gasteiger partial charge in [-0.15, -0.1) is 11.6 Å². The lowest BCUT2D eigenvalue weighted by atomic mass is 9.99. The van der Waals surface area contributed by atoms with E-state index in [-0.39, 0.29) is 5.38 Å². The van der Waals surface area contributed by atoms with Gasteiger partial charge in [-0.25, -0.2) is 0 Å². The number of halogens is 1. The highest BCUT2D eigenvalue weighted by molar-refractivity contribution is 6.22. The van der Waals surface area contributed by atoms with Crippen LogP contribution < -0.4 is 0 Å². The van der Waals surface area contributed by atoms with E-state index in [0.29, 0.717) is 0 Å². The van der Waals surface area contributed by atoms with E-state index in [1.54, 1.807) is 0 Å². The Bertz CT molecular complexity index is 471. The SMILES string of the molecule is Cc1ccc(C(Cl)c2ccccc2C)cc1. The van der Waals surface area contributed by atoms with Crippen LogP contribution in [-0.4, -0.2) is 0 Å². The molecule has 2 aromatic carbocycles. The summed E-state index contributed by atoms with van der Waals surface area (Å²) in [6.45, 7) is 4.18. The summed E-state index contributed by atoms with van der Waals surface area (Å²) >= 11 is 6.49. The first-order valence-corrected chi connectivity index (χ1v) is 5.88. The smallest absolute Gasteiger partial charge is 0.0838 e. The summed E-state index contributed by atoms with van der Waals surface area (Å²) in [5.74, 6) is 0. The van der Waals surface area contributed by atoms with Crippen LogP contribution in [0, 0.1) is 13.8 Å². The maximum Gasteiger partial charge on any atom is 0.0838 e. The second-order valence-corrected chi connectivity index (χ2v) is 4.57. The lowest BCUT2D eigenvalue weighted by Crippen LogP contribution is -1.95. The Balaban J connectivity index is 2.35. The fourth-order valence-electron chi connectivity index (χ4n) is 1.79. The molecule has 0 aromatic heterocycles. The van der Waals surface area contributed by atoms with Gasteiger partial charge in [-0.1, -0.05) is 54.1 Å². The summed E-state index contributed by atoms with van der Waals surface area (Å²) in [4.78, 5) is 0. The normalized spacial score (nSPS) is 12.4. The Hall–Kier alpha value is -1.27. The molecule has 0 spiro atoms. The molecule has 0 aliphatic carbocycles. The molecule has 1 atom stereocenters. The summed E-state index contributed by atoms with van der Waals surface area (Å²) < 4.78 is 0. The van der Waals surface area contributed by atoms with Crippen LogP contribution in [-0.2, 0) is 0 Å². The van der Waals surface area contributed by atoms with Crippen molar-refractivity contribution in [2.24, 2.45) is 0 Å². The highest BCUT2D eigenvalue weighted by Gasteiger charge is 2.11. The van der Waals surface area contributed by atoms with E-state index in [9.17, 15) is 0 Å². The van der Waals surface area contributed by atoms with Crippen molar-refractivity contribution in [3.05, 3.63) is 70.8 Å². The molecular formula is C15H15Cl. The van der Waals surface area contributed by atoms with Gasteiger partial charge in [0, 0.05) is 0 Å². The van der Waals surface area contributed by atoms with Crippen molar-refractivity contribution in [2.45, 2.75) is 19.2 Å². The van der Waals surface area contributed by atoms with Crippen LogP contribution in [0.5, 0.6) is 0 Å². The molecule has 0 heterocycles. The number of benzene rings is 2. The first kappa shape index (κ1) is 11.2.